The van der Waals surface area contributed by atoms with Crippen molar-refractivity contribution in [1.82, 2.24) is 38.5 Å². The molecule has 458 valence electrons. The van der Waals surface area contributed by atoms with Crippen molar-refractivity contribution in [2.24, 2.45) is 17.8 Å². The maximum Gasteiger partial charge on any atom is 0.261 e. The monoisotopic (exact) mass is 1220 g/mol. The smallest absolute Gasteiger partial charge is 0.261 e. The molecule has 6 aromatic carbocycles. The molecule has 0 bridgehead atoms. The number of fused-ring (bicyclic) bond motifs is 6. The predicted octanol–water partition coefficient (Wildman–Crippen LogP) is 11.8. The third-order valence-corrected chi connectivity index (χ3v) is 15.6. The van der Waals surface area contributed by atoms with E-state index in [1.165, 1.54) is 42.8 Å². The molecule has 3 atom stereocenters. The topological polar surface area (TPSA) is 128 Å². The fraction of sp³-hybridized carbons (Fsp3) is 0.329. The van der Waals surface area contributed by atoms with E-state index in [9.17, 15) is 32.3 Å². The molecule has 89 heavy (non-hydrogen) atoms. The molecule has 12 rings (SSSR count). The predicted molar refractivity (Wildman–Crippen MR) is 351 cm³/mol. The summed E-state index contributed by atoms with van der Waals surface area (Å²) in [6.07, 6.45) is 9.88. The Morgan fingerprint density at radius 2 is 0.753 bits per heavy atom. The minimum Gasteiger partial charge on any atom is -0.309 e. The summed E-state index contributed by atoms with van der Waals surface area (Å²) in [5.74, 6) is 20.6. The molecule has 0 amide bonds. The number of halogens is 4. The third-order valence-electron chi connectivity index (χ3n) is 15.6. The van der Waals surface area contributed by atoms with Crippen LogP contribution < -0.4 is 16.7 Å². The van der Waals surface area contributed by atoms with E-state index in [1.807, 2.05) is 33.4 Å². The summed E-state index contributed by atoms with van der Waals surface area (Å²) in [5, 5.41) is 1.78. The van der Waals surface area contributed by atoms with Crippen molar-refractivity contribution < 1.29 is 18.0 Å². The average molecular weight is 1220 g/mol. The van der Waals surface area contributed by atoms with Gasteiger partial charge in [0.25, 0.3) is 16.7 Å². The summed E-state index contributed by atoms with van der Waals surface area (Å²) in [6.45, 7) is 8.26. The summed E-state index contributed by atoms with van der Waals surface area (Å²) >= 11 is 0. The van der Waals surface area contributed by atoms with Crippen molar-refractivity contribution in [3.05, 3.63) is 227 Å². The SMILES string of the molecule is CCC.CN(C)CC1CCc2nc3cc(C#Cc4cccc(F)c4)ccc3c(=O)n2CC1.CN(C)CC1CCc2nc3cc(C#Cc4cccc(F)c4)ccc3c(=O)n2CC1.Cl.O=CC1CCc2nc3cc(C#Cc4cccc(F)c4)ccc3c(=O)n2CC1. The summed E-state index contributed by atoms with van der Waals surface area (Å²) in [5.41, 5.74) is 5.99. The molecule has 3 unspecified atom stereocenters. The Hall–Kier alpha value is -8.91. The molecule has 12 nitrogen and oxygen atoms in total. The molecule has 0 fully saturated rings. The number of carbonyl (C=O) groups excluding carboxylic acids is 1. The van der Waals surface area contributed by atoms with Crippen LogP contribution in [-0.4, -0.2) is 86.0 Å². The Balaban J connectivity index is 0.000000168. The Bertz CT molecular complexity index is 4220. The molecular formula is C73H74ClF3N8O4. The minimum atomic E-state index is -0.327. The molecule has 16 heteroatoms. The number of carbonyl (C=O) groups is 1. The van der Waals surface area contributed by atoms with Crippen LogP contribution >= 0.6 is 12.4 Å². The zero-order valence-electron chi connectivity index (χ0n) is 51.3. The number of aldehydes is 1. The van der Waals surface area contributed by atoms with Gasteiger partial charge in [0, 0.05) is 91.3 Å². The van der Waals surface area contributed by atoms with Gasteiger partial charge in [-0.2, -0.15) is 0 Å². The fourth-order valence-corrected chi connectivity index (χ4v) is 11.3. The maximum absolute atomic E-state index is 13.3. The average Bonchev–Trinajstić information content (AvgIpc) is 2.20. The molecule has 0 spiro atoms. The van der Waals surface area contributed by atoms with Crippen molar-refractivity contribution in [2.75, 3.05) is 41.3 Å². The molecule has 0 saturated heterocycles. The lowest BCUT2D eigenvalue weighted by Crippen LogP contribution is -2.25. The molecule has 3 aliphatic rings. The molecule has 0 saturated carbocycles. The number of aryl methyl sites for hydroxylation is 3. The maximum atomic E-state index is 13.3. The summed E-state index contributed by atoms with van der Waals surface area (Å²) < 4.78 is 45.3. The van der Waals surface area contributed by atoms with Crippen molar-refractivity contribution in [1.29, 1.82) is 0 Å². The highest BCUT2D eigenvalue weighted by atomic mass is 35.5. The Labute approximate surface area is 524 Å². The molecule has 0 N–H and O–H groups in total. The second-order valence-electron chi connectivity index (χ2n) is 23.3. The van der Waals surface area contributed by atoms with Gasteiger partial charge in [-0.25, -0.2) is 28.1 Å². The van der Waals surface area contributed by atoms with Gasteiger partial charge in [-0.1, -0.05) is 74.0 Å². The quantitative estimate of drug-likeness (QED) is 0.122. The van der Waals surface area contributed by atoms with Crippen LogP contribution in [-0.2, 0) is 43.7 Å². The first-order chi connectivity index (χ1) is 42.5. The Morgan fingerprint density at radius 3 is 1.06 bits per heavy atom. The largest absolute Gasteiger partial charge is 0.309 e. The lowest BCUT2D eigenvalue weighted by Gasteiger charge is -2.18. The first-order valence-corrected chi connectivity index (χ1v) is 30.2. The first-order valence-electron chi connectivity index (χ1n) is 30.2. The Kier molecular flexibility index (Phi) is 23.2. The summed E-state index contributed by atoms with van der Waals surface area (Å²) in [7, 11) is 8.35. The van der Waals surface area contributed by atoms with Crippen molar-refractivity contribution in [2.45, 2.75) is 97.7 Å². The highest BCUT2D eigenvalue weighted by molar-refractivity contribution is 5.85. The lowest BCUT2D eigenvalue weighted by atomic mass is 10.0. The molecular weight excluding hydrogens is 1150 g/mol. The van der Waals surface area contributed by atoms with Crippen LogP contribution in [0.2, 0.25) is 0 Å². The Morgan fingerprint density at radius 1 is 0.449 bits per heavy atom. The van der Waals surface area contributed by atoms with Gasteiger partial charge >= 0.3 is 0 Å². The van der Waals surface area contributed by atoms with E-state index >= 15 is 0 Å². The van der Waals surface area contributed by atoms with E-state index in [0.29, 0.717) is 98.4 Å². The van der Waals surface area contributed by atoms with Crippen molar-refractivity contribution in [3.8, 4) is 35.5 Å². The van der Waals surface area contributed by atoms with Crippen LogP contribution in [0, 0.1) is 70.7 Å². The molecule has 3 aliphatic heterocycles. The number of benzene rings is 6. The second kappa shape index (κ2) is 31.3. The number of hydrogen-bond acceptors (Lipinski definition) is 9. The normalized spacial score (nSPS) is 15.7. The van der Waals surface area contributed by atoms with Crippen LogP contribution in [0.4, 0.5) is 13.2 Å². The summed E-state index contributed by atoms with van der Waals surface area (Å²) in [4.78, 5) is 68.6. The van der Waals surface area contributed by atoms with Crippen LogP contribution in [0.15, 0.2) is 142 Å². The standard InChI is InChI=1S/2C24H24FN3O.C22H17FN2O2.C3H8.ClH/c2*1-27(2)16-19-9-11-23-26-22-15-18(7-6-17-4-3-5-20(25)14-17)8-10-21(22)24(29)28(23)13-12-19;23-18-3-1-2-15(12-18)4-5-16-6-8-19-20(13-16)24-21-9-7-17(14-26)10-11-25(21)22(19)27;1-3-2;/h2*3-5,8,10,14-15,19H,9,11-13,16H2,1-2H3;1-3,6,8,12-14,17H,7,9-11H2;3H2,1-2H3;1H. The van der Waals surface area contributed by atoms with Crippen LogP contribution in [0.1, 0.15) is 110 Å². The molecule has 9 aromatic rings. The highest BCUT2D eigenvalue weighted by Crippen LogP contribution is 2.24. The number of aromatic nitrogens is 6. The number of rotatable bonds is 5. The van der Waals surface area contributed by atoms with Crippen LogP contribution in [0.25, 0.3) is 32.7 Å². The van der Waals surface area contributed by atoms with E-state index in [0.717, 1.165) is 93.8 Å². The van der Waals surface area contributed by atoms with Crippen molar-refractivity contribution >= 4 is 51.4 Å². The number of nitrogens with zero attached hydrogens (tertiary/aromatic N) is 8. The fourth-order valence-electron chi connectivity index (χ4n) is 11.3. The first kappa shape index (κ1) is 66.1. The molecule has 0 aliphatic carbocycles. The van der Waals surface area contributed by atoms with E-state index in [4.69, 9.17) is 9.97 Å². The van der Waals surface area contributed by atoms with Gasteiger partial charge in [-0.15, -0.1) is 12.4 Å². The second-order valence-corrected chi connectivity index (χ2v) is 23.3. The van der Waals surface area contributed by atoms with Gasteiger partial charge < -0.3 is 14.6 Å². The van der Waals surface area contributed by atoms with Crippen molar-refractivity contribution in [3.63, 3.8) is 0 Å². The van der Waals surface area contributed by atoms with Gasteiger partial charge in [-0.05, 0) is 188 Å². The van der Waals surface area contributed by atoms with Gasteiger partial charge in [0.05, 0.1) is 32.7 Å². The number of hydrogen-bond donors (Lipinski definition) is 0. The zero-order chi connectivity index (χ0) is 62.3. The summed E-state index contributed by atoms with van der Waals surface area (Å²) in [6, 6.07) is 34.8. The zero-order valence-corrected chi connectivity index (χ0v) is 52.1. The van der Waals surface area contributed by atoms with Crippen LogP contribution in [0.3, 0.4) is 0 Å². The van der Waals surface area contributed by atoms with E-state index < -0.39 is 0 Å². The molecule has 6 heterocycles. The highest BCUT2D eigenvalue weighted by Gasteiger charge is 2.23. The van der Waals surface area contributed by atoms with E-state index in [2.05, 4.69) is 92.3 Å². The third kappa shape index (κ3) is 17.7. The van der Waals surface area contributed by atoms with Crippen LogP contribution in [0.5, 0.6) is 0 Å². The van der Waals surface area contributed by atoms with E-state index in [-0.39, 0.29) is 52.5 Å². The van der Waals surface area contributed by atoms with Gasteiger partial charge in [-0.3, -0.25) is 28.1 Å². The minimum absolute atomic E-state index is 0. The molecule has 0 radical (unpaired) electrons. The molecule has 3 aromatic heterocycles. The lowest BCUT2D eigenvalue weighted by molar-refractivity contribution is -0.111. The van der Waals surface area contributed by atoms with E-state index in [1.54, 1.807) is 71.3 Å². The van der Waals surface area contributed by atoms with Gasteiger partial charge in [0.1, 0.15) is 41.2 Å². The van der Waals surface area contributed by atoms with Gasteiger partial charge in [0.2, 0.25) is 0 Å². The van der Waals surface area contributed by atoms with Gasteiger partial charge in [0.15, 0.2) is 0 Å².